The van der Waals surface area contributed by atoms with Gasteiger partial charge in [0, 0.05) is 41.0 Å². The van der Waals surface area contributed by atoms with Gasteiger partial charge in [-0.25, -0.2) is 4.99 Å². The molecule has 3 heterocycles. The minimum Gasteiger partial charge on any atom is -0.457 e. The van der Waals surface area contributed by atoms with E-state index in [0.717, 1.165) is 46.1 Å². The lowest BCUT2D eigenvalue weighted by molar-refractivity contribution is 0.181. The maximum absolute atomic E-state index is 6.56. The normalized spacial score (nSPS) is 17.9. The summed E-state index contributed by atoms with van der Waals surface area (Å²) < 4.78 is 6.56. The first kappa shape index (κ1) is 28.8. The molecule has 4 aliphatic rings. The van der Waals surface area contributed by atoms with Crippen LogP contribution in [0.3, 0.4) is 0 Å². The molecule has 0 amide bonds. The summed E-state index contributed by atoms with van der Waals surface area (Å²) in [5, 5.41) is 6.01. The number of nitrogens with one attached hydrogen (secondary N) is 2. The van der Waals surface area contributed by atoms with E-state index in [0.29, 0.717) is 6.54 Å². The molecule has 5 heteroatoms. The van der Waals surface area contributed by atoms with Crippen molar-refractivity contribution in [3.63, 3.8) is 0 Å². The average molecular weight is 647 g/mol. The molecule has 0 radical (unpaired) electrons. The topological polar surface area (TPSA) is 48.9 Å². The molecular weight excluding hydrogens is 613 g/mol. The van der Waals surface area contributed by atoms with Gasteiger partial charge >= 0.3 is 0 Å². The van der Waals surface area contributed by atoms with Crippen LogP contribution in [0.5, 0.6) is 11.5 Å². The highest BCUT2D eigenvalue weighted by Crippen LogP contribution is 2.61. The third kappa shape index (κ3) is 4.40. The summed E-state index contributed by atoms with van der Waals surface area (Å²) in [6.07, 6.45) is 4.31. The Hall–Kier alpha value is -6.17. The monoisotopic (exact) mass is 646 g/mol. The number of nitrogens with zero attached hydrogens (tertiary/aromatic N) is 2. The number of para-hydroxylation sites is 2. The van der Waals surface area contributed by atoms with Crippen molar-refractivity contribution >= 4 is 11.5 Å². The Bertz CT molecular complexity index is 2310. The van der Waals surface area contributed by atoms with Crippen molar-refractivity contribution < 1.29 is 4.74 Å². The fraction of sp³-hybridized carbons (Fsp3) is 0.0889. The number of aliphatic imine (C=N–C) groups is 1. The van der Waals surface area contributed by atoms with Crippen molar-refractivity contribution in [2.75, 3.05) is 6.54 Å². The van der Waals surface area contributed by atoms with Crippen LogP contribution < -0.4 is 15.5 Å². The van der Waals surface area contributed by atoms with E-state index in [-0.39, 0.29) is 6.17 Å². The SMILES string of the molecule is C1=CC2=C(NC1)c1ccc(C3N=C(c4ccccc4)NN3Cc3ccc(-c4ccccc4)cc3)cc1C21c2ccccc2Oc2ccccc21. The van der Waals surface area contributed by atoms with Crippen molar-refractivity contribution in [2.24, 2.45) is 4.99 Å². The maximum Gasteiger partial charge on any atom is 0.147 e. The van der Waals surface area contributed by atoms with E-state index in [1.54, 1.807) is 0 Å². The summed E-state index contributed by atoms with van der Waals surface area (Å²) in [6, 6.07) is 53.8. The van der Waals surface area contributed by atoms with Gasteiger partial charge in [0.1, 0.15) is 23.5 Å². The lowest BCUT2D eigenvalue weighted by Gasteiger charge is -2.40. The van der Waals surface area contributed by atoms with Gasteiger partial charge in [-0.2, -0.15) is 5.01 Å². The van der Waals surface area contributed by atoms with Crippen molar-refractivity contribution in [3.8, 4) is 22.6 Å². The third-order valence-corrected chi connectivity index (χ3v) is 10.4. The summed E-state index contributed by atoms with van der Waals surface area (Å²) in [5.74, 6) is 2.65. The molecule has 1 atom stereocenters. The largest absolute Gasteiger partial charge is 0.457 e. The molecule has 50 heavy (non-hydrogen) atoms. The Morgan fingerprint density at radius 2 is 1.30 bits per heavy atom. The van der Waals surface area contributed by atoms with Crippen molar-refractivity contribution in [1.29, 1.82) is 0 Å². The van der Waals surface area contributed by atoms with Gasteiger partial charge in [-0.3, -0.25) is 0 Å². The number of rotatable bonds is 5. The Labute approximate surface area is 291 Å². The highest BCUT2D eigenvalue weighted by atomic mass is 16.5. The smallest absolute Gasteiger partial charge is 0.147 e. The highest BCUT2D eigenvalue weighted by Gasteiger charge is 2.52. The zero-order valence-corrected chi connectivity index (χ0v) is 27.4. The molecule has 6 aromatic rings. The first-order chi connectivity index (χ1) is 24.8. The minimum absolute atomic E-state index is 0.243. The van der Waals surface area contributed by atoms with Crippen LogP contribution in [0.4, 0.5) is 0 Å². The summed E-state index contributed by atoms with van der Waals surface area (Å²) in [6.45, 7) is 1.48. The van der Waals surface area contributed by atoms with E-state index >= 15 is 0 Å². The lowest BCUT2D eigenvalue weighted by atomic mass is 9.65. The first-order valence-electron chi connectivity index (χ1n) is 17.2. The van der Waals surface area contributed by atoms with Gasteiger partial charge in [0.05, 0.1) is 5.41 Å². The van der Waals surface area contributed by atoms with E-state index < -0.39 is 5.41 Å². The van der Waals surface area contributed by atoms with Crippen LogP contribution in [0.2, 0.25) is 0 Å². The second-order valence-electron chi connectivity index (χ2n) is 13.2. The van der Waals surface area contributed by atoms with E-state index in [1.165, 1.54) is 39.1 Å². The molecule has 3 aliphatic heterocycles. The molecule has 1 spiro atoms. The van der Waals surface area contributed by atoms with Gasteiger partial charge in [-0.05, 0) is 51.6 Å². The second-order valence-corrected chi connectivity index (χ2v) is 13.2. The van der Waals surface area contributed by atoms with E-state index in [4.69, 9.17) is 9.73 Å². The van der Waals surface area contributed by atoms with Gasteiger partial charge in [0.25, 0.3) is 0 Å². The molecule has 0 saturated heterocycles. The summed E-state index contributed by atoms with van der Waals surface area (Å²) >= 11 is 0. The Kier molecular flexibility index (Phi) is 6.61. The van der Waals surface area contributed by atoms with Crippen LogP contribution >= 0.6 is 0 Å². The molecule has 10 rings (SSSR count). The predicted octanol–water partition coefficient (Wildman–Crippen LogP) is 9.14. The number of dihydropyridines is 1. The summed E-state index contributed by atoms with van der Waals surface area (Å²) in [5.41, 5.74) is 16.2. The number of benzene rings is 6. The van der Waals surface area contributed by atoms with Crippen molar-refractivity contribution in [3.05, 3.63) is 208 Å². The predicted molar refractivity (Wildman–Crippen MR) is 200 cm³/mol. The zero-order valence-electron chi connectivity index (χ0n) is 27.4. The van der Waals surface area contributed by atoms with Crippen molar-refractivity contribution in [2.45, 2.75) is 18.1 Å². The number of hydrazine groups is 1. The molecule has 0 bridgehead atoms. The minimum atomic E-state index is -0.536. The van der Waals surface area contributed by atoms with Gasteiger partial charge in [-0.1, -0.05) is 146 Å². The van der Waals surface area contributed by atoms with Gasteiger partial charge in [0.2, 0.25) is 0 Å². The van der Waals surface area contributed by atoms with E-state index in [9.17, 15) is 0 Å². The molecule has 1 aliphatic carbocycles. The van der Waals surface area contributed by atoms with Gasteiger partial charge in [-0.15, -0.1) is 0 Å². The Morgan fingerprint density at radius 1 is 0.660 bits per heavy atom. The Balaban J connectivity index is 1.11. The summed E-state index contributed by atoms with van der Waals surface area (Å²) in [4.78, 5) is 5.37. The van der Waals surface area contributed by atoms with Crippen LogP contribution in [0, 0.1) is 0 Å². The van der Waals surface area contributed by atoms with E-state index in [2.05, 4.69) is 173 Å². The fourth-order valence-corrected chi connectivity index (χ4v) is 8.20. The lowest BCUT2D eigenvalue weighted by Crippen LogP contribution is -2.37. The second kappa shape index (κ2) is 11.5. The maximum atomic E-state index is 6.56. The number of amidine groups is 1. The molecule has 0 fully saturated rings. The summed E-state index contributed by atoms with van der Waals surface area (Å²) in [7, 11) is 0. The number of allylic oxidation sites excluding steroid dienone is 2. The van der Waals surface area contributed by atoms with Crippen LogP contribution in [0.1, 0.15) is 45.1 Å². The molecule has 240 valence electrons. The molecule has 0 aromatic heterocycles. The fourth-order valence-electron chi connectivity index (χ4n) is 8.20. The highest BCUT2D eigenvalue weighted by molar-refractivity contribution is 5.99. The van der Waals surface area contributed by atoms with Crippen LogP contribution in [0.25, 0.3) is 16.8 Å². The molecular formula is C45H34N4O. The molecule has 1 unspecified atom stereocenters. The standard InChI is InChI=1S/C45H34N4O/c1-3-12-31(13-4-1)32-23-21-30(22-24-32)29-49-44(47-43(48-49)33-14-5-2-6-15-33)34-25-26-35-39(28-34)45(38-18-11-27-46-42(35)38)36-16-7-9-19-40(36)50-41-20-10-8-17-37(41)45/h1-26,28,44,46H,27,29H2,(H,47,48). The molecule has 6 aromatic carbocycles. The third-order valence-electron chi connectivity index (χ3n) is 10.4. The number of ether oxygens (including phenoxy) is 1. The zero-order chi connectivity index (χ0) is 33.1. The number of fused-ring (bicyclic) bond motifs is 8. The van der Waals surface area contributed by atoms with Crippen LogP contribution in [-0.2, 0) is 12.0 Å². The number of hydrogen-bond acceptors (Lipinski definition) is 5. The average Bonchev–Trinajstić information content (AvgIpc) is 3.73. The quantitative estimate of drug-likeness (QED) is 0.196. The van der Waals surface area contributed by atoms with Gasteiger partial charge in [0.15, 0.2) is 0 Å². The van der Waals surface area contributed by atoms with Crippen LogP contribution in [-0.4, -0.2) is 17.4 Å². The van der Waals surface area contributed by atoms with E-state index in [1.807, 2.05) is 6.07 Å². The van der Waals surface area contributed by atoms with Gasteiger partial charge < -0.3 is 15.5 Å². The number of hydrogen-bond donors (Lipinski definition) is 2. The molecule has 5 nitrogen and oxygen atoms in total. The first-order valence-corrected chi connectivity index (χ1v) is 17.2. The van der Waals surface area contributed by atoms with Crippen molar-refractivity contribution in [1.82, 2.24) is 15.8 Å². The molecule has 2 N–H and O–H groups in total. The van der Waals surface area contributed by atoms with Crippen LogP contribution in [0.15, 0.2) is 174 Å². The molecule has 0 saturated carbocycles. The Morgan fingerprint density at radius 3 is 2.02 bits per heavy atom.